The quantitative estimate of drug-likeness (QED) is 0.813. The highest BCUT2D eigenvalue weighted by Crippen LogP contribution is 2.29. The van der Waals surface area contributed by atoms with Crippen molar-refractivity contribution in [3.63, 3.8) is 0 Å². The van der Waals surface area contributed by atoms with Crippen LogP contribution in [0.25, 0.3) is 0 Å². The van der Waals surface area contributed by atoms with E-state index in [0.717, 1.165) is 24.6 Å². The van der Waals surface area contributed by atoms with Gasteiger partial charge in [0.1, 0.15) is 0 Å². The lowest BCUT2D eigenvalue weighted by Gasteiger charge is -2.25. The fourth-order valence-corrected chi connectivity index (χ4v) is 2.68. The third-order valence-electron chi connectivity index (χ3n) is 2.68. The van der Waals surface area contributed by atoms with Crippen molar-refractivity contribution in [2.75, 3.05) is 6.54 Å². The highest BCUT2D eigenvalue weighted by Gasteiger charge is 2.30. The number of thiocarbonyl (C=S) groups is 1. The molecule has 0 saturated heterocycles. The molecule has 0 amide bonds. The maximum absolute atomic E-state index is 5.45. The van der Waals surface area contributed by atoms with Gasteiger partial charge >= 0.3 is 0 Å². The van der Waals surface area contributed by atoms with Crippen LogP contribution in [0.5, 0.6) is 0 Å². The second-order valence-corrected chi connectivity index (χ2v) is 5.59. The summed E-state index contributed by atoms with van der Waals surface area (Å²) in [6.45, 7) is 4.11. The molecule has 1 aliphatic rings. The van der Waals surface area contributed by atoms with Gasteiger partial charge in [-0.1, -0.05) is 13.0 Å². The van der Waals surface area contributed by atoms with Gasteiger partial charge in [-0.25, -0.2) is 0 Å². The molecule has 0 radical (unpaired) electrons. The fourth-order valence-electron chi connectivity index (χ4n) is 1.66. The summed E-state index contributed by atoms with van der Waals surface area (Å²) < 4.78 is 0. The van der Waals surface area contributed by atoms with Crippen molar-refractivity contribution in [3.8, 4) is 0 Å². The summed E-state index contributed by atoms with van der Waals surface area (Å²) in [7, 11) is 0. The minimum atomic E-state index is 0.680. The average molecular weight is 254 g/mol. The third kappa shape index (κ3) is 3.19. The molecule has 0 aromatic carbocycles. The van der Waals surface area contributed by atoms with Gasteiger partial charge in [-0.2, -0.15) is 0 Å². The summed E-state index contributed by atoms with van der Waals surface area (Å²) in [6, 6.07) is 4.97. The number of nitrogens with zero attached hydrogens (tertiary/aromatic N) is 1. The smallest absolute Gasteiger partial charge is 0.169 e. The Labute approximate surface area is 107 Å². The van der Waals surface area contributed by atoms with Crippen LogP contribution in [0.15, 0.2) is 17.5 Å². The number of rotatable bonds is 5. The molecule has 1 aliphatic carbocycles. The van der Waals surface area contributed by atoms with E-state index in [0.29, 0.717) is 6.04 Å². The molecule has 1 saturated carbocycles. The summed E-state index contributed by atoms with van der Waals surface area (Å²) in [5.74, 6) is 0. The first-order chi connectivity index (χ1) is 7.81. The molecule has 0 aliphatic heterocycles. The van der Waals surface area contributed by atoms with Crippen molar-refractivity contribution in [2.24, 2.45) is 0 Å². The SMILES string of the molecule is CCCNC(=S)N(Cc1cccs1)C1CC1. The minimum absolute atomic E-state index is 0.680. The fraction of sp³-hybridized carbons (Fsp3) is 0.583. The maximum atomic E-state index is 5.45. The highest BCUT2D eigenvalue weighted by molar-refractivity contribution is 7.80. The maximum Gasteiger partial charge on any atom is 0.169 e. The van der Waals surface area contributed by atoms with E-state index in [-0.39, 0.29) is 0 Å². The average Bonchev–Trinajstić information content (AvgIpc) is 3.00. The van der Waals surface area contributed by atoms with Crippen molar-refractivity contribution >= 4 is 28.7 Å². The molecular formula is C12H18N2S2. The predicted molar refractivity (Wildman–Crippen MR) is 73.8 cm³/mol. The Morgan fingerprint density at radius 1 is 1.62 bits per heavy atom. The van der Waals surface area contributed by atoms with Gasteiger partial charge in [0.05, 0.1) is 6.54 Å². The lowest BCUT2D eigenvalue weighted by Crippen LogP contribution is -2.40. The Balaban J connectivity index is 1.92. The molecule has 0 spiro atoms. The van der Waals surface area contributed by atoms with Gasteiger partial charge in [0, 0.05) is 17.5 Å². The van der Waals surface area contributed by atoms with Crippen molar-refractivity contribution < 1.29 is 0 Å². The van der Waals surface area contributed by atoms with E-state index in [1.807, 2.05) is 11.3 Å². The zero-order valence-corrected chi connectivity index (χ0v) is 11.2. The van der Waals surface area contributed by atoms with Crippen molar-refractivity contribution in [1.29, 1.82) is 0 Å². The molecule has 0 bridgehead atoms. The number of hydrogen-bond donors (Lipinski definition) is 1. The summed E-state index contributed by atoms with van der Waals surface area (Å²) in [6.07, 6.45) is 3.70. The van der Waals surface area contributed by atoms with E-state index >= 15 is 0 Å². The van der Waals surface area contributed by atoms with E-state index in [4.69, 9.17) is 12.2 Å². The lowest BCUT2D eigenvalue weighted by atomic mass is 10.4. The Hall–Kier alpha value is -0.610. The van der Waals surface area contributed by atoms with Gasteiger partial charge in [0.15, 0.2) is 5.11 Å². The summed E-state index contributed by atoms with van der Waals surface area (Å²) >= 11 is 7.26. The molecule has 88 valence electrons. The van der Waals surface area contributed by atoms with Gasteiger partial charge in [0.2, 0.25) is 0 Å². The van der Waals surface area contributed by atoms with Gasteiger partial charge in [-0.15, -0.1) is 11.3 Å². The summed E-state index contributed by atoms with van der Waals surface area (Å²) in [5, 5.41) is 6.38. The molecule has 1 heterocycles. The molecule has 4 heteroatoms. The van der Waals surface area contributed by atoms with Gasteiger partial charge in [-0.3, -0.25) is 0 Å². The zero-order valence-electron chi connectivity index (χ0n) is 9.61. The zero-order chi connectivity index (χ0) is 11.4. The van der Waals surface area contributed by atoms with Crippen molar-refractivity contribution in [2.45, 2.75) is 38.8 Å². The first-order valence-corrected chi connectivity index (χ1v) is 7.17. The normalized spacial score (nSPS) is 14.8. The Bertz CT molecular complexity index is 331. The molecular weight excluding hydrogens is 236 g/mol. The molecule has 2 rings (SSSR count). The van der Waals surface area contributed by atoms with Crippen LogP contribution in [0.2, 0.25) is 0 Å². The second-order valence-electron chi connectivity index (χ2n) is 4.17. The van der Waals surface area contributed by atoms with Crippen LogP contribution in [-0.2, 0) is 6.54 Å². The van der Waals surface area contributed by atoms with Gasteiger partial charge < -0.3 is 10.2 Å². The second kappa shape index (κ2) is 5.64. The largest absolute Gasteiger partial charge is 0.363 e. The van der Waals surface area contributed by atoms with Crippen LogP contribution in [-0.4, -0.2) is 22.6 Å². The van der Waals surface area contributed by atoms with Crippen molar-refractivity contribution in [3.05, 3.63) is 22.4 Å². The van der Waals surface area contributed by atoms with E-state index in [9.17, 15) is 0 Å². The third-order valence-corrected chi connectivity index (χ3v) is 3.92. The molecule has 0 unspecified atom stereocenters. The summed E-state index contributed by atoms with van der Waals surface area (Å²) in [4.78, 5) is 3.74. The highest BCUT2D eigenvalue weighted by atomic mass is 32.1. The van der Waals surface area contributed by atoms with Crippen LogP contribution >= 0.6 is 23.6 Å². The van der Waals surface area contributed by atoms with Crippen LogP contribution < -0.4 is 5.32 Å². The van der Waals surface area contributed by atoms with E-state index in [2.05, 4.69) is 34.7 Å². The summed E-state index contributed by atoms with van der Waals surface area (Å²) in [5.41, 5.74) is 0. The standard InChI is InChI=1S/C12H18N2S2/c1-2-7-13-12(15)14(10-5-6-10)9-11-4-3-8-16-11/h3-4,8,10H,2,5-7,9H2,1H3,(H,13,15). The van der Waals surface area contributed by atoms with Crippen LogP contribution in [0.4, 0.5) is 0 Å². The Kier molecular flexibility index (Phi) is 4.18. The Morgan fingerprint density at radius 3 is 3.00 bits per heavy atom. The van der Waals surface area contributed by atoms with Gasteiger partial charge in [-0.05, 0) is 42.9 Å². The Morgan fingerprint density at radius 2 is 2.44 bits per heavy atom. The minimum Gasteiger partial charge on any atom is -0.363 e. The van der Waals surface area contributed by atoms with Crippen molar-refractivity contribution in [1.82, 2.24) is 10.2 Å². The van der Waals surface area contributed by atoms with E-state index in [1.54, 1.807) is 0 Å². The number of hydrogen-bond acceptors (Lipinski definition) is 2. The molecule has 1 aromatic rings. The molecule has 1 fully saturated rings. The number of nitrogens with one attached hydrogen (secondary N) is 1. The first kappa shape index (κ1) is 11.9. The molecule has 1 N–H and O–H groups in total. The topological polar surface area (TPSA) is 15.3 Å². The predicted octanol–water partition coefficient (Wildman–Crippen LogP) is 3.00. The lowest BCUT2D eigenvalue weighted by molar-refractivity contribution is 0.399. The number of thiophene rings is 1. The molecule has 16 heavy (non-hydrogen) atoms. The van der Waals surface area contributed by atoms with Crippen LogP contribution in [0.1, 0.15) is 31.1 Å². The molecule has 2 nitrogen and oxygen atoms in total. The monoisotopic (exact) mass is 254 g/mol. The first-order valence-electron chi connectivity index (χ1n) is 5.88. The van der Waals surface area contributed by atoms with Crippen LogP contribution in [0.3, 0.4) is 0 Å². The molecule has 0 atom stereocenters. The van der Waals surface area contributed by atoms with Crippen LogP contribution in [0, 0.1) is 0 Å². The molecule has 1 aromatic heterocycles. The van der Waals surface area contributed by atoms with E-state index in [1.165, 1.54) is 17.7 Å². The van der Waals surface area contributed by atoms with E-state index < -0.39 is 0 Å². The van der Waals surface area contributed by atoms with Gasteiger partial charge in [0.25, 0.3) is 0 Å².